The zero-order valence-electron chi connectivity index (χ0n) is 13.0. The minimum atomic E-state index is -1.12. The zero-order valence-corrected chi connectivity index (χ0v) is 13.8. The van der Waals surface area contributed by atoms with Gasteiger partial charge in [0.05, 0.1) is 24.7 Å². The van der Waals surface area contributed by atoms with Gasteiger partial charge in [0.1, 0.15) is 5.82 Å². The highest BCUT2D eigenvalue weighted by molar-refractivity contribution is 7.21. The average Bonchev–Trinajstić information content (AvgIpc) is 2.94. The van der Waals surface area contributed by atoms with Crippen LogP contribution in [0.3, 0.4) is 0 Å². The summed E-state index contributed by atoms with van der Waals surface area (Å²) in [6, 6.07) is 3.59. The van der Waals surface area contributed by atoms with Gasteiger partial charge in [-0.3, -0.25) is 4.79 Å². The van der Waals surface area contributed by atoms with Crippen molar-refractivity contribution in [3.05, 3.63) is 34.5 Å². The molecule has 0 aliphatic carbocycles. The van der Waals surface area contributed by atoms with Crippen LogP contribution in [0, 0.1) is 5.82 Å². The molecule has 1 saturated heterocycles. The van der Waals surface area contributed by atoms with E-state index < -0.39 is 23.7 Å². The first-order valence-corrected chi connectivity index (χ1v) is 8.16. The maximum absolute atomic E-state index is 14.2. The topological polar surface area (TPSA) is 76.1 Å². The molecule has 1 aliphatic rings. The van der Waals surface area contributed by atoms with Gasteiger partial charge < -0.3 is 19.5 Å². The lowest BCUT2D eigenvalue weighted by Crippen LogP contribution is -2.52. The fourth-order valence-corrected chi connectivity index (χ4v) is 3.98. The van der Waals surface area contributed by atoms with Crippen molar-refractivity contribution in [2.45, 2.75) is 12.6 Å². The molecule has 0 saturated carbocycles. The number of nitrogens with zero attached hydrogens (tertiary/aromatic N) is 1. The van der Waals surface area contributed by atoms with Crippen molar-refractivity contribution in [1.82, 2.24) is 4.90 Å². The summed E-state index contributed by atoms with van der Waals surface area (Å²) < 4.78 is 25.1. The van der Waals surface area contributed by atoms with E-state index >= 15 is 0 Å². The molecule has 128 valence electrons. The van der Waals surface area contributed by atoms with Gasteiger partial charge in [0.2, 0.25) is 0 Å². The second-order valence-electron chi connectivity index (χ2n) is 5.38. The van der Waals surface area contributed by atoms with E-state index in [0.29, 0.717) is 20.5 Å². The van der Waals surface area contributed by atoms with Gasteiger partial charge in [-0.05, 0) is 12.1 Å². The van der Waals surface area contributed by atoms with Crippen LogP contribution < -0.4 is 0 Å². The number of carboxylic acid groups (broad SMARTS) is 1. The molecule has 2 heterocycles. The Hall–Kier alpha value is -2.03. The van der Waals surface area contributed by atoms with Crippen molar-refractivity contribution in [3.63, 3.8) is 0 Å². The van der Waals surface area contributed by atoms with Crippen LogP contribution in [0.15, 0.2) is 18.2 Å². The van der Waals surface area contributed by atoms with Gasteiger partial charge >= 0.3 is 5.97 Å². The largest absolute Gasteiger partial charge is 0.480 e. The molecule has 2 aromatic rings. The molecule has 6 nitrogen and oxygen atoms in total. The van der Waals surface area contributed by atoms with Crippen LogP contribution in [0.1, 0.15) is 15.2 Å². The molecule has 0 bridgehead atoms. The van der Waals surface area contributed by atoms with Crippen molar-refractivity contribution >= 4 is 33.3 Å². The first-order valence-electron chi connectivity index (χ1n) is 7.35. The summed E-state index contributed by atoms with van der Waals surface area (Å²) in [6.45, 7) is 0.470. The second kappa shape index (κ2) is 6.84. The molecule has 0 unspecified atom stereocenters. The Balaban J connectivity index is 2.07. The minimum Gasteiger partial charge on any atom is -0.480 e. The van der Waals surface area contributed by atoms with E-state index in [1.54, 1.807) is 12.1 Å². The first kappa shape index (κ1) is 16.8. The maximum atomic E-state index is 14.2. The molecule has 1 aliphatic heterocycles. The summed E-state index contributed by atoms with van der Waals surface area (Å²) >= 11 is 1.15. The molecular weight excluding hydrogens is 337 g/mol. The fraction of sp³-hybridized carbons (Fsp3) is 0.375. The van der Waals surface area contributed by atoms with E-state index in [1.807, 2.05) is 0 Å². The Kier molecular flexibility index (Phi) is 4.79. The van der Waals surface area contributed by atoms with Gasteiger partial charge in [-0.2, -0.15) is 0 Å². The van der Waals surface area contributed by atoms with E-state index in [1.165, 1.54) is 18.1 Å². The van der Waals surface area contributed by atoms with E-state index in [9.17, 15) is 19.1 Å². The van der Waals surface area contributed by atoms with Crippen LogP contribution in [-0.2, 0) is 20.9 Å². The summed E-state index contributed by atoms with van der Waals surface area (Å²) in [5.74, 6) is -1.98. The van der Waals surface area contributed by atoms with Crippen LogP contribution >= 0.6 is 11.3 Å². The molecule has 0 radical (unpaired) electrons. The van der Waals surface area contributed by atoms with Gasteiger partial charge in [-0.1, -0.05) is 6.07 Å². The predicted octanol–water partition coefficient (Wildman–Crippen LogP) is 2.11. The summed E-state index contributed by atoms with van der Waals surface area (Å²) in [5, 5.41) is 9.66. The van der Waals surface area contributed by atoms with E-state index in [0.717, 1.165) is 11.3 Å². The maximum Gasteiger partial charge on any atom is 0.328 e. The van der Waals surface area contributed by atoms with E-state index in [-0.39, 0.29) is 26.4 Å². The van der Waals surface area contributed by atoms with E-state index in [2.05, 4.69) is 0 Å². The minimum absolute atomic E-state index is 0.0556. The number of morpholine rings is 1. The number of ether oxygens (including phenoxy) is 2. The van der Waals surface area contributed by atoms with Crippen LogP contribution in [0.25, 0.3) is 10.1 Å². The molecule has 1 fully saturated rings. The molecule has 1 aromatic heterocycles. The number of carbonyl (C=O) groups excluding carboxylic acids is 1. The van der Waals surface area contributed by atoms with Gasteiger partial charge in [-0.25, -0.2) is 9.18 Å². The monoisotopic (exact) mass is 353 g/mol. The molecular formula is C16H16FNO5S. The Morgan fingerprint density at radius 1 is 1.50 bits per heavy atom. The number of fused-ring (bicyclic) bond motifs is 1. The smallest absolute Gasteiger partial charge is 0.328 e. The molecule has 8 heteroatoms. The molecule has 0 spiro atoms. The normalized spacial score (nSPS) is 18.1. The number of hydrogen-bond donors (Lipinski definition) is 1. The Labute approximate surface area is 141 Å². The molecule has 1 amide bonds. The van der Waals surface area contributed by atoms with Crippen LogP contribution in [0.5, 0.6) is 0 Å². The molecule has 24 heavy (non-hydrogen) atoms. The third-order valence-corrected chi connectivity index (χ3v) is 5.11. The quantitative estimate of drug-likeness (QED) is 0.911. The number of carbonyl (C=O) groups is 2. The number of amides is 1. The summed E-state index contributed by atoms with van der Waals surface area (Å²) in [6.07, 6.45) is 0. The van der Waals surface area contributed by atoms with Gasteiger partial charge in [0, 0.05) is 29.3 Å². The van der Waals surface area contributed by atoms with Gasteiger partial charge in [-0.15, -0.1) is 11.3 Å². The number of aliphatic carboxylic acids is 1. The molecule has 1 aromatic carbocycles. The lowest BCUT2D eigenvalue weighted by atomic mass is 10.1. The summed E-state index contributed by atoms with van der Waals surface area (Å²) in [4.78, 5) is 25.9. The van der Waals surface area contributed by atoms with E-state index in [4.69, 9.17) is 9.47 Å². The van der Waals surface area contributed by atoms with Gasteiger partial charge in [0.15, 0.2) is 6.04 Å². The Morgan fingerprint density at radius 2 is 2.29 bits per heavy atom. The number of methoxy groups -OCH3 is 1. The lowest BCUT2D eigenvalue weighted by Gasteiger charge is -2.32. The van der Waals surface area contributed by atoms with Crippen LogP contribution in [0.4, 0.5) is 4.39 Å². The van der Waals surface area contributed by atoms with Crippen LogP contribution in [-0.4, -0.2) is 54.8 Å². The predicted molar refractivity (Wildman–Crippen MR) is 85.8 cm³/mol. The van der Waals surface area contributed by atoms with Crippen molar-refractivity contribution in [3.8, 4) is 0 Å². The number of thiophene rings is 1. The number of hydrogen-bond acceptors (Lipinski definition) is 5. The fourth-order valence-electron chi connectivity index (χ4n) is 2.80. The third-order valence-electron chi connectivity index (χ3n) is 3.92. The SMILES string of the molecule is COCc1c(C(=O)N2CCOC[C@H]2C(=O)O)sc2cccc(F)c12. The number of benzene rings is 1. The first-order chi connectivity index (χ1) is 11.5. The van der Waals surface area contributed by atoms with Crippen molar-refractivity contribution in [2.75, 3.05) is 26.9 Å². The number of halogens is 1. The summed E-state index contributed by atoms with van der Waals surface area (Å²) in [7, 11) is 1.47. The Morgan fingerprint density at radius 3 is 3.00 bits per heavy atom. The van der Waals surface area contributed by atoms with Gasteiger partial charge in [0.25, 0.3) is 5.91 Å². The van der Waals surface area contributed by atoms with Crippen molar-refractivity contribution < 1.29 is 28.6 Å². The average molecular weight is 353 g/mol. The summed E-state index contributed by atoms with van der Waals surface area (Å²) in [5.41, 5.74) is 0.455. The number of rotatable bonds is 4. The molecule has 1 N–H and O–H groups in total. The highest BCUT2D eigenvalue weighted by Gasteiger charge is 2.35. The Bertz CT molecular complexity index is 790. The van der Waals surface area contributed by atoms with Crippen LogP contribution in [0.2, 0.25) is 0 Å². The molecule has 3 rings (SSSR count). The van der Waals surface area contributed by atoms with Crippen molar-refractivity contribution in [2.24, 2.45) is 0 Å². The third kappa shape index (κ3) is 2.88. The highest BCUT2D eigenvalue weighted by Crippen LogP contribution is 2.35. The number of carboxylic acids is 1. The zero-order chi connectivity index (χ0) is 17.3. The standard InChI is InChI=1S/C16H16FNO5S/c1-22-7-9-13-10(17)3-2-4-12(13)24-14(9)15(19)18-5-6-23-8-11(18)16(20)21/h2-4,11H,5-8H2,1H3,(H,20,21)/t11-/m0/s1. The second-order valence-corrected chi connectivity index (χ2v) is 6.44. The van der Waals surface area contributed by atoms with Crippen molar-refractivity contribution in [1.29, 1.82) is 0 Å². The highest BCUT2D eigenvalue weighted by atomic mass is 32.1. The molecule has 1 atom stereocenters. The lowest BCUT2D eigenvalue weighted by molar-refractivity contribution is -0.147.